The first-order valence-electron chi connectivity index (χ1n) is 8.37. The largest absolute Gasteiger partial charge is 0.339 e. The number of benzene rings is 2. The summed E-state index contributed by atoms with van der Waals surface area (Å²) in [6.07, 6.45) is 0. The molecule has 2 heterocycles. The molecule has 5 nitrogen and oxygen atoms in total. The fraction of sp³-hybridized carbons (Fsp3) is 0.250. The molecule has 0 spiro atoms. The number of likely N-dealkylation sites (tertiary alicyclic amines) is 1. The molecule has 25 heavy (non-hydrogen) atoms. The van der Waals surface area contributed by atoms with Gasteiger partial charge in [0.2, 0.25) is 11.7 Å². The maximum atomic E-state index is 12.6. The number of carbonyl (C=O) groups is 1. The Kier molecular flexibility index (Phi) is 3.84. The lowest BCUT2D eigenvalue weighted by Crippen LogP contribution is -2.48. The molecular formula is C20H19N3O2. The maximum absolute atomic E-state index is 12.6. The van der Waals surface area contributed by atoms with E-state index in [9.17, 15) is 4.79 Å². The van der Waals surface area contributed by atoms with Crippen LogP contribution in [-0.4, -0.2) is 34.0 Å². The Morgan fingerprint density at radius 3 is 2.44 bits per heavy atom. The summed E-state index contributed by atoms with van der Waals surface area (Å²) in [4.78, 5) is 18.9. The molecular weight excluding hydrogens is 314 g/mol. The number of nitrogens with zero attached hydrogens (tertiary/aromatic N) is 3. The van der Waals surface area contributed by atoms with E-state index in [-0.39, 0.29) is 11.8 Å². The zero-order valence-corrected chi connectivity index (χ0v) is 14.3. The van der Waals surface area contributed by atoms with Gasteiger partial charge in [-0.15, -0.1) is 0 Å². The van der Waals surface area contributed by atoms with E-state index in [0.29, 0.717) is 24.8 Å². The fourth-order valence-electron chi connectivity index (χ4n) is 3.19. The Bertz CT molecular complexity index is 891. The number of aromatic nitrogens is 2. The van der Waals surface area contributed by atoms with Gasteiger partial charge in [-0.3, -0.25) is 4.79 Å². The summed E-state index contributed by atoms with van der Waals surface area (Å²) in [6.45, 7) is 5.24. The van der Waals surface area contributed by atoms with Crippen molar-refractivity contribution in [3.8, 4) is 11.4 Å². The highest BCUT2D eigenvalue weighted by Gasteiger charge is 2.36. The summed E-state index contributed by atoms with van der Waals surface area (Å²) in [5.41, 5.74) is 3.88. The highest BCUT2D eigenvalue weighted by Crippen LogP contribution is 2.29. The van der Waals surface area contributed by atoms with Gasteiger partial charge in [-0.1, -0.05) is 52.7 Å². The number of rotatable bonds is 3. The van der Waals surface area contributed by atoms with Gasteiger partial charge in [0.25, 0.3) is 5.91 Å². The second-order valence-corrected chi connectivity index (χ2v) is 6.61. The lowest BCUT2D eigenvalue weighted by atomic mass is 9.97. The van der Waals surface area contributed by atoms with Crippen molar-refractivity contribution in [1.29, 1.82) is 0 Å². The summed E-state index contributed by atoms with van der Waals surface area (Å²) in [7, 11) is 0. The Hall–Kier alpha value is -2.95. The number of carbonyl (C=O) groups excluding carboxylic acids is 1. The number of amides is 1. The molecule has 0 atom stereocenters. The first-order valence-corrected chi connectivity index (χ1v) is 8.37. The van der Waals surface area contributed by atoms with Crippen molar-refractivity contribution in [3.63, 3.8) is 0 Å². The quantitative estimate of drug-likeness (QED) is 0.735. The van der Waals surface area contributed by atoms with Gasteiger partial charge in [0.15, 0.2) is 0 Å². The number of hydrogen-bond acceptors (Lipinski definition) is 4. The highest BCUT2D eigenvalue weighted by molar-refractivity contribution is 5.95. The number of hydrogen-bond donors (Lipinski definition) is 0. The van der Waals surface area contributed by atoms with Crippen LogP contribution in [0.3, 0.4) is 0 Å². The second-order valence-electron chi connectivity index (χ2n) is 6.61. The first kappa shape index (κ1) is 15.6. The summed E-state index contributed by atoms with van der Waals surface area (Å²) in [5.74, 6) is 1.36. The van der Waals surface area contributed by atoms with Crippen molar-refractivity contribution in [2.75, 3.05) is 13.1 Å². The van der Waals surface area contributed by atoms with Crippen LogP contribution in [0.25, 0.3) is 11.4 Å². The lowest BCUT2D eigenvalue weighted by molar-refractivity contribution is 0.0569. The van der Waals surface area contributed by atoms with Gasteiger partial charge < -0.3 is 9.42 Å². The summed E-state index contributed by atoms with van der Waals surface area (Å²) in [5, 5.41) is 4.05. The highest BCUT2D eigenvalue weighted by atomic mass is 16.5. The van der Waals surface area contributed by atoms with Crippen LogP contribution in [0.15, 0.2) is 53.1 Å². The van der Waals surface area contributed by atoms with Crippen molar-refractivity contribution < 1.29 is 9.32 Å². The zero-order chi connectivity index (χ0) is 17.4. The van der Waals surface area contributed by atoms with Crippen LogP contribution in [0.2, 0.25) is 0 Å². The Balaban J connectivity index is 1.44. The van der Waals surface area contributed by atoms with Gasteiger partial charge in [0.1, 0.15) is 0 Å². The molecule has 0 unspecified atom stereocenters. The molecule has 4 rings (SSSR count). The minimum atomic E-state index is 0.0610. The van der Waals surface area contributed by atoms with E-state index >= 15 is 0 Å². The first-order chi connectivity index (χ1) is 12.1. The summed E-state index contributed by atoms with van der Waals surface area (Å²) in [6, 6.07) is 15.7. The topological polar surface area (TPSA) is 59.2 Å². The standard InChI is InChI=1S/C20H19N3O2/c1-13-8-14(2)10-16(9-13)20(24)23-11-17(12-23)19-21-18(22-25-19)15-6-4-3-5-7-15/h3-10,17H,11-12H2,1-2H3. The molecule has 1 saturated heterocycles. The summed E-state index contributed by atoms with van der Waals surface area (Å²) < 4.78 is 5.40. The molecule has 1 fully saturated rings. The Morgan fingerprint density at radius 2 is 1.76 bits per heavy atom. The lowest BCUT2D eigenvalue weighted by Gasteiger charge is -2.37. The third kappa shape index (κ3) is 3.05. The predicted molar refractivity (Wildman–Crippen MR) is 94.3 cm³/mol. The van der Waals surface area contributed by atoms with Crippen LogP contribution in [0, 0.1) is 13.8 Å². The molecule has 0 bridgehead atoms. The smallest absolute Gasteiger partial charge is 0.253 e. The molecule has 0 N–H and O–H groups in total. The third-order valence-electron chi connectivity index (χ3n) is 4.46. The fourth-order valence-corrected chi connectivity index (χ4v) is 3.19. The van der Waals surface area contributed by atoms with Gasteiger partial charge >= 0.3 is 0 Å². The van der Waals surface area contributed by atoms with Crippen LogP contribution in [-0.2, 0) is 0 Å². The molecule has 1 amide bonds. The van der Waals surface area contributed by atoms with Crippen LogP contribution in [0.5, 0.6) is 0 Å². The molecule has 1 aromatic heterocycles. The monoisotopic (exact) mass is 333 g/mol. The van der Waals surface area contributed by atoms with Crippen molar-refractivity contribution in [2.24, 2.45) is 0 Å². The predicted octanol–water partition coefficient (Wildman–Crippen LogP) is 3.59. The normalized spacial score (nSPS) is 14.4. The minimum Gasteiger partial charge on any atom is -0.339 e. The molecule has 0 radical (unpaired) electrons. The zero-order valence-electron chi connectivity index (χ0n) is 14.3. The second kappa shape index (κ2) is 6.16. The molecule has 2 aromatic carbocycles. The van der Waals surface area contributed by atoms with Crippen LogP contribution < -0.4 is 0 Å². The van der Waals surface area contributed by atoms with Crippen molar-refractivity contribution in [3.05, 3.63) is 71.1 Å². The maximum Gasteiger partial charge on any atom is 0.253 e. The van der Waals surface area contributed by atoms with E-state index in [1.54, 1.807) is 0 Å². The van der Waals surface area contributed by atoms with E-state index in [1.165, 1.54) is 0 Å². The minimum absolute atomic E-state index is 0.0610. The summed E-state index contributed by atoms with van der Waals surface area (Å²) >= 11 is 0. The van der Waals surface area contributed by atoms with Gasteiger partial charge in [0, 0.05) is 24.2 Å². The van der Waals surface area contributed by atoms with E-state index in [0.717, 1.165) is 22.3 Å². The molecule has 3 aromatic rings. The van der Waals surface area contributed by atoms with Crippen molar-refractivity contribution >= 4 is 5.91 Å². The van der Waals surface area contributed by atoms with Gasteiger partial charge in [0.05, 0.1) is 5.92 Å². The Labute approximate surface area is 146 Å². The van der Waals surface area contributed by atoms with Gasteiger partial charge in [-0.2, -0.15) is 4.98 Å². The van der Waals surface area contributed by atoms with E-state index in [4.69, 9.17) is 4.52 Å². The van der Waals surface area contributed by atoms with E-state index in [2.05, 4.69) is 16.2 Å². The molecule has 0 aliphatic carbocycles. The van der Waals surface area contributed by atoms with E-state index in [1.807, 2.05) is 61.2 Å². The van der Waals surface area contributed by atoms with Crippen LogP contribution >= 0.6 is 0 Å². The molecule has 126 valence electrons. The Morgan fingerprint density at radius 1 is 1.08 bits per heavy atom. The van der Waals surface area contributed by atoms with Crippen LogP contribution in [0.4, 0.5) is 0 Å². The van der Waals surface area contributed by atoms with Crippen LogP contribution in [0.1, 0.15) is 33.3 Å². The number of aryl methyl sites for hydroxylation is 2. The van der Waals surface area contributed by atoms with Gasteiger partial charge in [-0.25, -0.2) is 0 Å². The average molecular weight is 333 g/mol. The molecule has 0 saturated carbocycles. The van der Waals surface area contributed by atoms with E-state index < -0.39 is 0 Å². The molecule has 5 heteroatoms. The molecule has 1 aliphatic heterocycles. The molecule has 1 aliphatic rings. The van der Waals surface area contributed by atoms with Crippen molar-refractivity contribution in [1.82, 2.24) is 15.0 Å². The van der Waals surface area contributed by atoms with Crippen molar-refractivity contribution in [2.45, 2.75) is 19.8 Å². The average Bonchev–Trinajstić information content (AvgIpc) is 3.03. The SMILES string of the molecule is Cc1cc(C)cc(C(=O)N2CC(c3nc(-c4ccccc4)no3)C2)c1. The van der Waals surface area contributed by atoms with Gasteiger partial charge in [-0.05, 0) is 26.0 Å². The third-order valence-corrected chi connectivity index (χ3v) is 4.46.